The van der Waals surface area contributed by atoms with Crippen molar-refractivity contribution in [3.8, 4) is 0 Å². The quantitative estimate of drug-likeness (QED) is 0.418. The minimum absolute atomic E-state index is 0.102. The molecule has 0 unspecified atom stereocenters. The lowest BCUT2D eigenvalue weighted by molar-refractivity contribution is -0.133. The maximum Gasteiger partial charge on any atom is 0.230 e. The molecule has 0 aliphatic rings. The first kappa shape index (κ1) is 21.2. The second-order valence-electron chi connectivity index (χ2n) is 7.35. The first-order chi connectivity index (χ1) is 14.1. The number of carbonyl (C=O) groups is 1. The Morgan fingerprint density at radius 1 is 1.00 bits per heavy atom. The van der Waals surface area contributed by atoms with Crippen molar-refractivity contribution in [1.82, 2.24) is 9.47 Å². The molecule has 3 aromatic rings. The van der Waals surface area contributed by atoms with Crippen LogP contribution in [0, 0.1) is 0 Å². The Kier molecular flexibility index (Phi) is 7.54. The Bertz CT molecular complexity index is 919. The molecule has 4 heteroatoms. The van der Waals surface area contributed by atoms with Crippen molar-refractivity contribution >= 4 is 17.5 Å². The van der Waals surface area contributed by atoms with Crippen molar-refractivity contribution in [2.24, 2.45) is 0 Å². The van der Waals surface area contributed by atoms with E-state index >= 15 is 0 Å². The second kappa shape index (κ2) is 10.3. The van der Waals surface area contributed by atoms with E-state index in [0.717, 1.165) is 41.2 Å². The van der Waals surface area contributed by atoms with Gasteiger partial charge < -0.3 is 9.47 Å². The van der Waals surface area contributed by atoms with Gasteiger partial charge in [0.15, 0.2) is 0 Å². The molecule has 0 saturated carbocycles. The summed E-state index contributed by atoms with van der Waals surface area (Å²) in [5.41, 5.74) is 3.29. The average molecular weight is 409 g/mol. The molecule has 0 radical (unpaired) electrons. The van der Waals surface area contributed by atoms with Crippen LogP contribution in [-0.4, -0.2) is 21.9 Å². The van der Waals surface area contributed by atoms with Crippen LogP contribution in [0.3, 0.4) is 0 Å². The number of aromatic nitrogens is 1. The molecule has 3 nitrogen and oxygen atoms in total. The molecular weight excluding hydrogens is 380 g/mol. The van der Waals surface area contributed by atoms with Crippen LogP contribution >= 0.6 is 11.6 Å². The van der Waals surface area contributed by atoms with Crippen molar-refractivity contribution in [2.45, 2.75) is 45.7 Å². The Morgan fingerprint density at radius 2 is 1.72 bits per heavy atom. The van der Waals surface area contributed by atoms with Crippen LogP contribution in [0.2, 0.25) is 5.02 Å². The van der Waals surface area contributed by atoms with Crippen LogP contribution in [0.25, 0.3) is 0 Å². The molecule has 0 spiro atoms. The largest absolute Gasteiger partial charge is 0.345 e. The van der Waals surface area contributed by atoms with E-state index < -0.39 is 0 Å². The van der Waals surface area contributed by atoms with Gasteiger partial charge in [-0.05, 0) is 42.2 Å². The van der Waals surface area contributed by atoms with Gasteiger partial charge in [-0.25, -0.2) is 0 Å². The van der Waals surface area contributed by atoms with Crippen molar-refractivity contribution in [3.05, 3.63) is 94.8 Å². The maximum atomic E-state index is 13.4. The molecule has 29 heavy (non-hydrogen) atoms. The lowest BCUT2D eigenvalue weighted by atomic mass is 9.95. The first-order valence-corrected chi connectivity index (χ1v) is 10.7. The summed E-state index contributed by atoms with van der Waals surface area (Å²) in [5, 5.41) is 0.767. The second-order valence-corrected chi connectivity index (χ2v) is 7.76. The highest BCUT2D eigenvalue weighted by molar-refractivity contribution is 6.31. The van der Waals surface area contributed by atoms with Crippen LogP contribution in [0.5, 0.6) is 0 Å². The van der Waals surface area contributed by atoms with Crippen LogP contribution in [0.1, 0.15) is 49.4 Å². The summed E-state index contributed by atoms with van der Waals surface area (Å²) in [6, 6.07) is 22.1. The van der Waals surface area contributed by atoms with E-state index in [1.807, 2.05) is 53.4 Å². The number of hydrogen-bond donors (Lipinski definition) is 0. The normalized spacial score (nSPS) is 12.0. The molecule has 0 aliphatic heterocycles. The van der Waals surface area contributed by atoms with Gasteiger partial charge >= 0.3 is 0 Å². The number of benzene rings is 2. The topological polar surface area (TPSA) is 25.2 Å². The summed E-state index contributed by atoms with van der Waals surface area (Å²) in [5.74, 6) is 0.0979. The number of carbonyl (C=O) groups excluding carboxylic acids is 1. The number of hydrogen-bond acceptors (Lipinski definition) is 1. The maximum absolute atomic E-state index is 13.4. The van der Waals surface area contributed by atoms with Crippen molar-refractivity contribution < 1.29 is 4.79 Å². The summed E-state index contributed by atoms with van der Waals surface area (Å²) in [7, 11) is 0. The van der Waals surface area contributed by atoms with E-state index in [1.54, 1.807) is 0 Å². The highest BCUT2D eigenvalue weighted by Gasteiger charge is 2.24. The third-order valence-electron chi connectivity index (χ3n) is 5.29. The monoisotopic (exact) mass is 408 g/mol. The Balaban J connectivity index is 1.80. The third-order valence-corrected chi connectivity index (χ3v) is 5.66. The molecule has 1 aromatic heterocycles. The van der Waals surface area contributed by atoms with Gasteiger partial charge in [-0.3, -0.25) is 4.79 Å². The minimum atomic E-state index is -0.102. The molecule has 3 rings (SSSR count). The molecule has 1 atom stereocenters. The van der Waals surface area contributed by atoms with Gasteiger partial charge in [0.25, 0.3) is 0 Å². The Labute approximate surface area is 178 Å². The zero-order valence-electron chi connectivity index (χ0n) is 17.2. The predicted molar refractivity (Wildman–Crippen MR) is 120 cm³/mol. The summed E-state index contributed by atoms with van der Waals surface area (Å²) in [4.78, 5) is 15.4. The van der Waals surface area contributed by atoms with Gasteiger partial charge in [0.2, 0.25) is 5.91 Å². The van der Waals surface area contributed by atoms with E-state index in [1.165, 1.54) is 0 Å². The number of amides is 1. The van der Waals surface area contributed by atoms with Crippen LogP contribution in [0.15, 0.2) is 72.9 Å². The summed E-state index contributed by atoms with van der Waals surface area (Å²) in [6.07, 6.45) is 3.79. The summed E-state index contributed by atoms with van der Waals surface area (Å²) < 4.78 is 2.18. The number of nitrogens with zero attached hydrogens (tertiary/aromatic N) is 2. The van der Waals surface area contributed by atoms with Crippen LogP contribution in [0.4, 0.5) is 0 Å². The molecule has 0 N–H and O–H groups in total. The standard InChI is InChI=1S/C25H29ClN2O/c1-3-16-28(25(29)23(4-2)20-11-6-5-7-12-20)19-22-14-10-17-27(22)18-21-13-8-9-15-24(21)26/h5-15,17,23H,3-4,16,18-19H2,1-2H3/t23-/m1/s1. The Morgan fingerprint density at radius 3 is 2.41 bits per heavy atom. The summed E-state index contributed by atoms with van der Waals surface area (Å²) >= 11 is 6.35. The molecule has 0 saturated heterocycles. The highest BCUT2D eigenvalue weighted by Crippen LogP contribution is 2.24. The fourth-order valence-corrected chi connectivity index (χ4v) is 3.94. The van der Waals surface area contributed by atoms with Crippen molar-refractivity contribution in [2.75, 3.05) is 6.54 Å². The predicted octanol–water partition coefficient (Wildman–Crippen LogP) is 6.12. The van der Waals surface area contributed by atoms with Gasteiger partial charge in [0.1, 0.15) is 0 Å². The fraction of sp³-hybridized carbons (Fsp3) is 0.320. The molecule has 2 aromatic carbocycles. The number of rotatable bonds is 9. The van der Waals surface area contributed by atoms with E-state index in [0.29, 0.717) is 13.1 Å². The van der Waals surface area contributed by atoms with Crippen LogP contribution in [-0.2, 0) is 17.9 Å². The van der Waals surface area contributed by atoms with Gasteiger partial charge in [0, 0.05) is 30.0 Å². The van der Waals surface area contributed by atoms with Crippen molar-refractivity contribution in [1.29, 1.82) is 0 Å². The van der Waals surface area contributed by atoms with Crippen molar-refractivity contribution in [3.63, 3.8) is 0 Å². The minimum Gasteiger partial charge on any atom is -0.345 e. The highest BCUT2D eigenvalue weighted by atomic mass is 35.5. The van der Waals surface area contributed by atoms with Gasteiger partial charge in [-0.15, -0.1) is 0 Å². The van der Waals surface area contributed by atoms with E-state index in [4.69, 9.17) is 11.6 Å². The Hall–Kier alpha value is -2.52. The average Bonchev–Trinajstić information content (AvgIpc) is 3.17. The molecule has 0 aliphatic carbocycles. The van der Waals surface area contributed by atoms with Gasteiger partial charge in [0.05, 0.1) is 12.5 Å². The molecule has 1 heterocycles. The fourth-order valence-electron chi connectivity index (χ4n) is 3.75. The zero-order valence-corrected chi connectivity index (χ0v) is 18.0. The van der Waals surface area contributed by atoms with Gasteiger partial charge in [-0.2, -0.15) is 0 Å². The van der Waals surface area contributed by atoms with E-state index in [-0.39, 0.29) is 11.8 Å². The molecule has 0 fully saturated rings. The molecular formula is C25H29ClN2O. The SMILES string of the molecule is CCCN(Cc1cccn1Cc1ccccc1Cl)C(=O)[C@H](CC)c1ccccc1. The van der Waals surface area contributed by atoms with E-state index in [2.05, 4.69) is 42.8 Å². The van der Waals surface area contributed by atoms with Gasteiger partial charge in [-0.1, -0.05) is 74.0 Å². The zero-order chi connectivity index (χ0) is 20.6. The molecule has 152 valence electrons. The molecule has 0 bridgehead atoms. The smallest absolute Gasteiger partial charge is 0.230 e. The third kappa shape index (κ3) is 5.30. The lowest BCUT2D eigenvalue weighted by Gasteiger charge is -2.27. The lowest BCUT2D eigenvalue weighted by Crippen LogP contribution is -2.36. The first-order valence-electron chi connectivity index (χ1n) is 10.3. The van der Waals surface area contributed by atoms with Crippen LogP contribution < -0.4 is 0 Å². The van der Waals surface area contributed by atoms with E-state index in [9.17, 15) is 4.79 Å². The molecule has 1 amide bonds. The summed E-state index contributed by atoms with van der Waals surface area (Å²) in [6.45, 7) is 6.26. The number of halogens is 1.